The molecule has 0 saturated carbocycles. The van der Waals surface area contributed by atoms with Gasteiger partial charge in [-0.05, 0) is 40.5 Å². The van der Waals surface area contributed by atoms with Crippen LogP contribution in [0.25, 0.3) is 0 Å². The molecule has 1 amide bonds. The summed E-state index contributed by atoms with van der Waals surface area (Å²) >= 11 is 0. The zero-order chi connectivity index (χ0) is 12.3. The molecule has 4 heteroatoms. The predicted molar refractivity (Wildman–Crippen MR) is 62.2 cm³/mol. The Labute approximate surface area is 97.6 Å². The van der Waals surface area contributed by atoms with E-state index in [1.54, 1.807) is 4.90 Å². The fourth-order valence-corrected chi connectivity index (χ4v) is 2.05. The zero-order valence-electron chi connectivity index (χ0n) is 10.7. The molecule has 1 aliphatic heterocycles. The highest BCUT2D eigenvalue weighted by Crippen LogP contribution is 2.24. The van der Waals surface area contributed by atoms with Crippen LogP contribution in [0.3, 0.4) is 0 Å². The van der Waals surface area contributed by atoms with E-state index in [0.29, 0.717) is 0 Å². The number of carbonyl (C=O) groups excluding carboxylic acids is 1. The number of amides is 1. The maximum atomic E-state index is 11.9. The van der Waals surface area contributed by atoms with Crippen LogP contribution >= 0.6 is 0 Å². The second kappa shape index (κ2) is 5.04. The highest BCUT2D eigenvalue weighted by atomic mass is 16.6. The van der Waals surface area contributed by atoms with Crippen LogP contribution in [0.4, 0.5) is 4.79 Å². The first-order chi connectivity index (χ1) is 7.35. The maximum Gasteiger partial charge on any atom is 0.410 e. The Bertz CT molecular complexity index is 247. The van der Waals surface area contributed by atoms with Crippen LogP contribution in [-0.4, -0.2) is 40.9 Å². The molecule has 1 heterocycles. The summed E-state index contributed by atoms with van der Waals surface area (Å²) < 4.78 is 5.35. The second-order valence-corrected chi connectivity index (χ2v) is 5.50. The molecule has 2 atom stereocenters. The van der Waals surface area contributed by atoms with Crippen molar-refractivity contribution in [3.05, 3.63) is 0 Å². The smallest absolute Gasteiger partial charge is 0.410 e. The van der Waals surface area contributed by atoms with Crippen molar-refractivity contribution in [3.8, 4) is 0 Å². The van der Waals surface area contributed by atoms with Gasteiger partial charge in [0.1, 0.15) is 5.60 Å². The van der Waals surface area contributed by atoms with Gasteiger partial charge in [-0.2, -0.15) is 0 Å². The summed E-state index contributed by atoms with van der Waals surface area (Å²) in [7, 11) is 0. The van der Waals surface area contributed by atoms with Crippen LogP contribution in [0, 0.1) is 5.92 Å². The number of hydrogen-bond acceptors (Lipinski definition) is 3. The number of likely N-dealkylation sites (tertiary alicyclic amines) is 1. The molecular weight excluding hydrogens is 206 g/mol. The normalized spacial score (nSPS) is 26.7. The average molecular weight is 229 g/mol. The molecule has 94 valence electrons. The van der Waals surface area contributed by atoms with Crippen molar-refractivity contribution in [2.75, 3.05) is 13.2 Å². The van der Waals surface area contributed by atoms with E-state index in [0.717, 1.165) is 19.4 Å². The third kappa shape index (κ3) is 3.37. The third-order valence-corrected chi connectivity index (χ3v) is 3.01. The highest BCUT2D eigenvalue weighted by Gasteiger charge is 2.33. The summed E-state index contributed by atoms with van der Waals surface area (Å²) in [6, 6.07) is 0.0635. The quantitative estimate of drug-likeness (QED) is 0.748. The highest BCUT2D eigenvalue weighted by molar-refractivity contribution is 5.68. The molecule has 1 unspecified atom stereocenters. The lowest BCUT2D eigenvalue weighted by Crippen LogP contribution is -2.49. The van der Waals surface area contributed by atoms with Crippen molar-refractivity contribution in [2.45, 2.75) is 52.2 Å². The molecule has 4 nitrogen and oxygen atoms in total. The second-order valence-electron chi connectivity index (χ2n) is 5.50. The summed E-state index contributed by atoms with van der Waals surface area (Å²) in [5.74, 6) is 0.182. The van der Waals surface area contributed by atoms with E-state index < -0.39 is 5.60 Å². The van der Waals surface area contributed by atoms with Crippen molar-refractivity contribution in [3.63, 3.8) is 0 Å². The molecule has 1 N–H and O–H groups in total. The van der Waals surface area contributed by atoms with Crippen LogP contribution in [0.2, 0.25) is 0 Å². The topological polar surface area (TPSA) is 49.8 Å². The number of piperidine rings is 1. The summed E-state index contributed by atoms with van der Waals surface area (Å²) in [6.45, 7) is 8.44. The predicted octanol–water partition coefficient (Wildman–Crippen LogP) is 2.01. The van der Waals surface area contributed by atoms with Crippen molar-refractivity contribution in [1.29, 1.82) is 0 Å². The van der Waals surface area contributed by atoms with Gasteiger partial charge in [0.25, 0.3) is 0 Å². The van der Waals surface area contributed by atoms with Gasteiger partial charge in [-0.3, -0.25) is 0 Å². The number of ether oxygens (including phenoxy) is 1. The Morgan fingerprint density at radius 1 is 1.50 bits per heavy atom. The van der Waals surface area contributed by atoms with E-state index in [9.17, 15) is 9.90 Å². The third-order valence-electron chi connectivity index (χ3n) is 3.01. The molecule has 0 aliphatic carbocycles. The van der Waals surface area contributed by atoms with E-state index in [4.69, 9.17) is 4.74 Å². The average Bonchev–Trinajstić information content (AvgIpc) is 2.15. The van der Waals surface area contributed by atoms with E-state index in [1.807, 2.05) is 27.7 Å². The number of aliphatic hydroxyl groups excluding tert-OH is 1. The molecule has 0 aromatic heterocycles. The number of hydrogen-bond donors (Lipinski definition) is 1. The Morgan fingerprint density at radius 3 is 2.62 bits per heavy atom. The molecule has 1 aliphatic rings. The van der Waals surface area contributed by atoms with Gasteiger partial charge in [0, 0.05) is 25.1 Å². The molecule has 0 aromatic rings. The van der Waals surface area contributed by atoms with Crippen LogP contribution in [-0.2, 0) is 4.74 Å². The van der Waals surface area contributed by atoms with Gasteiger partial charge >= 0.3 is 6.09 Å². The van der Waals surface area contributed by atoms with E-state index in [-0.39, 0.29) is 24.7 Å². The Balaban J connectivity index is 2.61. The Hall–Kier alpha value is -0.770. The minimum atomic E-state index is -0.455. The van der Waals surface area contributed by atoms with Gasteiger partial charge in [0.15, 0.2) is 0 Å². The molecule has 1 saturated heterocycles. The number of carbonyl (C=O) groups is 1. The molecule has 1 rings (SSSR count). The summed E-state index contributed by atoms with van der Waals surface area (Å²) in [5, 5.41) is 9.21. The Kier molecular flexibility index (Phi) is 4.19. The largest absolute Gasteiger partial charge is 0.444 e. The summed E-state index contributed by atoms with van der Waals surface area (Å²) in [5.41, 5.74) is -0.455. The van der Waals surface area contributed by atoms with Crippen molar-refractivity contribution < 1.29 is 14.6 Å². The summed E-state index contributed by atoms with van der Waals surface area (Å²) in [6.07, 6.45) is 1.66. The van der Waals surface area contributed by atoms with Gasteiger partial charge < -0.3 is 14.7 Å². The SMILES string of the molecule is C[C@H]1C(CO)CCCN1C(=O)OC(C)(C)C. The van der Waals surface area contributed by atoms with Crippen molar-refractivity contribution >= 4 is 6.09 Å². The molecule has 0 radical (unpaired) electrons. The van der Waals surface area contributed by atoms with Crippen molar-refractivity contribution in [2.24, 2.45) is 5.92 Å². The molecule has 1 fully saturated rings. The van der Waals surface area contributed by atoms with Gasteiger partial charge in [0.05, 0.1) is 0 Å². The zero-order valence-corrected chi connectivity index (χ0v) is 10.7. The number of nitrogens with zero attached hydrogens (tertiary/aromatic N) is 1. The minimum Gasteiger partial charge on any atom is -0.444 e. The number of aliphatic hydroxyl groups is 1. The number of rotatable bonds is 1. The van der Waals surface area contributed by atoms with Gasteiger partial charge in [-0.25, -0.2) is 4.79 Å². The Morgan fingerprint density at radius 2 is 2.12 bits per heavy atom. The summed E-state index contributed by atoms with van der Waals surface area (Å²) in [4.78, 5) is 13.6. The van der Waals surface area contributed by atoms with Crippen LogP contribution < -0.4 is 0 Å². The lowest BCUT2D eigenvalue weighted by atomic mass is 9.91. The van der Waals surface area contributed by atoms with Crippen LogP contribution in [0.15, 0.2) is 0 Å². The first-order valence-corrected chi connectivity index (χ1v) is 5.95. The fourth-order valence-electron chi connectivity index (χ4n) is 2.05. The standard InChI is InChI=1S/C12H23NO3/c1-9-10(8-14)6-5-7-13(9)11(15)16-12(2,3)4/h9-10,14H,5-8H2,1-4H3/t9-,10?/m0/s1. The van der Waals surface area contributed by atoms with E-state index in [1.165, 1.54) is 0 Å². The molecule has 0 aromatic carbocycles. The minimum absolute atomic E-state index is 0.0635. The van der Waals surface area contributed by atoms with E-state index in [2.05, 4.69) is 0 Å². The first-order valence-electron chi connectivity index (χ1n) is 5.95. The van der Waals surface area contributed by atoms with Gasteiger partial charge in [-0.15, -0.1) is 0 Å². The molecule has 0 spiro atoms. The maximum absolute atomic E-state index is 11.9. The lowest BCUT2D eigenvalue weighted by molar-refractivity contribution is -0.00285. The molecule has 16 heavy (non-hydrogen) atoms. The van der Waals surface area contributed by atoms with Gasteiger partial charge in [-0.1, -0.05) is 0 Å². The monoisotopic (exact) mass is 229 g/mol. The lowest BCUT2D eigenvalue weighted by Gasteiger charge is -2.39. The van der Waals surface area contributed by atoms with Crippen molar-refractivity contribution in [1.82, 2.24) is 4.90 Å². The van der Waals surface area contributed by atoms with Crippen LogP contribution in [0.1, 0.15) is 40.5 Å². The van der Waals surface area contributed by atoms with E-state index >= 15 is 0 Å². The molecular formula is C12H23NO3. The van der Waals surface area contributed by atoms with Gasteiger partial charge in [0.2, 0.25) is 0 Å². The fraction of sp³-hybridized carbons (Fsp3) is 0.917. The van der Waals surface area contributed by atoms with Crippen LogP contribution in [0.5, 0.6) is 0 Å². The first kappa shape index (κ1) is 13.3. The molecule has 0 bridgehead atoms.